The van der Waals surface area contributed by atoms with Gasteiger partial charge in [-0.05, 0) is 102 Å². The number of ether oxygens (including phenoxy) is 2. The van der Waals surface area contributed by atoms with Gasteiger partial charge >= 0.3 is 6.03 Å². The van der Waals surface area contributed by atoms with Gasteiger partial charge in [-0.25, -0.2) is 4.79 Å². The predicted molar refractivity (Wildman–Crippen MR) is 223 cm³/mol. The maximum absolute atomic E-state index is 13.2. The summed E-state index contributed by atoms with van der Waals surface area (Å²) in [5.74, 6) is 2.42. The summed E-state index contributed by atoms with van der Waals surface area (Å²) in [5, 5.41) is 27.4. The Morgan fingerprint density at radius 2 is 1.47 bits per heavy atom. The first-order chi connectivity index (χ1) is 28.2. The van der Waals surface area contributed by atoms with E-state index in [9.17, 15) is 20.0 Å². The van der Waals surface area contributed by atoms with Crippen molar-refractivity contribution in [1.82, 2.24) is 15.5 Å². The highest BCUT2D eigenvalue weighted by atomic mass is 16.7. The number of nitrogens with one attached hydrogen (secondary N) is 2. The van der Waals surface area contributed by atoms with Crippen molar-refractivity contribution in [1.29, 1.82) is 0 Å². The fraction of sp³-hybridized carbons (Fsp3) is 0.468. The van der Waals surface area contributed by atoms with Gasteiger partial charge < -0.3 is 30.1 Å². The van der Waals surface area contributed by atoms with Gasteiger partial charge in [-0.1, -0.05) is 73.7 Å². The zero-order chi connectivity index (χ0) is 39.8. The number of hydrogen-bond donors (Lipinski definition) is 3. The molecule has 4 aliphatic carbocycles. The number of non-ortho nitro benzene ring substituents is 1. The smallest absolute Gasteiger partial charge is 0.315 e. The van der Waals surface area contributed by atoms with Crippen LogP contribution in [0.2, 0.25) is 0 Å². The Hall–Kier alpha value is -4.81. The van der Waals surface area contributed by atoms with Gasteiger partial charge in [0.1, 0.15) is 0 Å². The first kappa shape index (κ1) is 38.7. The van der Waals surface area contributed by atoms with Gasteiger partial charge in [0.2, 0.25) is 0 Å². The molecule has 0 aromatic heterocycles. The number of aliphatic hydroxyl groups excluding tert-OH is 1. The zero-order valence-electron chi connectivity index (χ0n) is 33.3. The Balaban J connectivity index is 0.851. The van der Waals surface area contributed by atoms with Crippen LogP contribution in [0, 0.1) is 33.8 Å². The lowest BCUT2D eigenvalue weighted by Crippen LogP contribution is -2.61. The van der Waals surface area contributed by atoms with Crippen molar-refractivity contribution in [2.45, 2.75) is 82.6 Å². The van der Waals surface area contributed by atoms with Gasteiger partial charge in [-0.15, -0.1) is 0 Å². The molecule has 0 radical (unpaired) electrons. The highest BCUT2D eigenvalue weighted by Gasteiger charge is 2.51. The fourth-order valence-electron chi connectivity index (χ4n) is 11.0. The third kappa shape index (κ3) is 8.36. The van der Waals surface area contributed by atoms with Crippen molar-refractivity contribution in [3.8, 4) is 11.1 Å². The van der Waals surface area contributed by atoms with Crippen LogP contribution in [0.5, 0.6) is 0 Å². The number of aliphatic hydroxyl groups is 1. The van der Waals surface area contributed by atoms with Crippen molar-refractivity contribution in [2.24, 2.45) is 23.7 Å². The number of anilines is 1. The number of nitro groups is 1. The summed E-state index contributed by atoms with van der Waals surface area (Å²) in [6, 6.07) is 31.5. The summed E-state index contributed by atoms with van der Waals surface area (Å²) < 4.78 is 13.6. The molecule has 2 saturated heterocycles. The van der Waals surface area contributed by atoms with E-state index >= 15 is 0 Å². The maximum Gasteiger partial charge on any atom is 0.315 e. The Labute approximate surface area is 340 Å². The highest BCUT2D eigenvalue weighted by molar-refractivity contribution is 5.75. The fourth-order valence-corrected chi connectivity index (χ4v) is 11.0. The second kappa shape index (κ2) is 16.4. The number of carbonyl (C=O) groups excluding carboxylic acids is 1. The second-order valence-corrected chi connectivity index (χ2v) is 17.7. The molecule has 2 heterocycles. The molecule has 2 aliphatic heterocycles. The van der Waals surface area contributed by atoms with Crippen molar-refractivity contribution < 1.29 is 24.3 Å². The third-order valence-corrected chi connectivity index (χ3v) is 13.7. The standard InChI is InChI=1S/C47H55N5O6/c1-31-43(29-50-17-19-51(20-18-50)41-13-15-42(16-14-41)52(55)56)57-45(58-44(31)38-7-5-32(30-53)6-8-38)39-11-9-37(10-12-39)40-4-2-3-33(24-40)28-48-46(54)49-47-25-34-21-35(26-47)23-36(22-34)27-47/h2-16,24,31,34-36,43-45,53H,17-23,25-30H2,1H3,(H2,48,49,54)/t31-,34?,35?,36?,43+,44+,45+,47?/m1/s1. The van der Waals surface area contributed by atoms with Crippen LogP contribution in [0.4, 0.5) is 16.2 Å². The molecule has 4 aromatic carbocycles. The summed E-state index contributed by atoms with van der Waals surface area (Å²) in [7, 11) is 0. The van der Waals surface area contributed by atoms with E-state index in [4.69, 9.17) is 9.47 Å². The molecule has 11 heteroatoms. The molecule has 304 valence electrons. The Bertz CT molecular complexity index is 2030. The van der Waals surface area contributed by atoms with Crippen molar-refractivity contribution in [3.63, 3.8) is 0 Å². The largest absolute Gasteiger partial charge is 0.392 e. The Morgan fingerprint density at radius 1 is 0.810 bits per heavy atom. The van der Waals surface area contributed by atoms with Crippen molar-refractivity contribution in [3.05, 3.63) is 129 Å². The molecule has 10 rings (SSSR count). The molecular weight excluding hydrogens is 731 g/mol. The van der Waals surface area contributed by atoms with Crippen LogP contribution in [-0.2, 0) is 22.6 Å². The number of urea groups is 1. The van der Waals surface area contributed by atoms with Gasteiger partial charge in [0.05, 0.1) is 23.7 Å². The average Bonchev–Trinajstić information content (AvgIpc) is 3.23. The van der Waals surface area contributed by atoms with Crippen LogP contribution >= 0.6 is 0 Å². The van der Waals surface area contributed by atoms with Gasteiger partial charge in [0.15, 0.2) is 6.29 Å². The number of amides is 2. The lowest BCUT2D eigenvalue weighted by molar-refractivity contribution is -0.384. The minimum Gasteiger partial charge on any atom is -0.392 e. The number of carbonyl (C=O) groups is 1. The van der Waals surface area contributed by atoms with Crippen LogP contribution < -0.4 is 15.5 Å². The van der Waals surface area contributed by atoms with Crippen molar-refractivity contribution >= 4 is 17.4 Å². The minimum absolute atomic E-state index is 0.00886. The summed E-state index contributed by atoms with van der Waals surface area (Å²) in [4.78, 5) is 28.6. The third-order valence-electron chi connectivity index (χ3n) is 13.7. The van der Waals surface area contributed by atoms with E-state index in [1.54, 1.807) is 12.1 Å². The molecule has 11 nitrogen and oxygen atoms in total. The highest BCUT2D eigenvalue weighted by Crippen LogP contribution is 2.55. The van der Waals surface area contributed by atoms with Gasteiger partial charge in [-0.3, -0.25) is 15.0 Å². The molecule has 3 N–H and O–H groups in total. The maximum atomic E-state index is 13.2. The lowest BCUT2D eigenvalue weighted by atomic mass is 9.53. The molecule has 0 spiro atoms. The Kier molecular flexibility index (Phi) is 11.0. The van der Waals surface area contributed by atoms with Crippen molar-refractivity contribution in [2.75, 3.05) is 37.6 Å². The van der Waals surface area contributed by atoms with Gasteiger partial charge in [0, 0.05) is 74.1 Å². The van der Waals surface area contributed by atoms with E-state index in [1.165, 1.54) is 19.3 Å². The zero-order valence-corrected chi connectivity index (χ0v) is 33.3. The molecular formula is C47H55N5O6. The Morgan fingerprint density at radius 3 is 2.10 bits per heavy atom. The topological polar surface area (TPSA) is 129 Å². The number of rotatable bonds is 11. The molecule has 6 aliphatic rings. The van der Waals surface area contributed by atoms with Gasteiger partial charge in [0.25, 0.3) is 5.69 Å². The quantitative estimate of drug-likeness (QED) is 0.103. The van der Waals surface area contributed by atoms with E-state index in [0.29, 0.717) is 6.54 Å². The molecule has 4 bridgehead atoms. The van der Waals surface area contributed by atoms with Gasteiger partial charge in [-0.2, -0.15) is 0 Å². The molecule has 58 heavy (non-hydrogen) atoms. The first-order valence-electron chi connectivity index (χ1n) is 21.2. The number of hydrogen-bond acceptors (Lipinski definition) is 8. The summed E-state index contributed by atoms with van der Waals surface area (Å²) in [6.45, 7) is 6.74. The molecule has 0 unspecified atom stereocenters. The second-order valence-electron chi connectivity index (χ2n) is 17.7. The van der Waals surface area contributed by atoms with Crippen LogP contribution in [0.15, 0.2) is 97.1 Å². The van der Waals surface area contributed by atoms with E-state index < -0.39 is 6.29 Å². The SMILES string of the molecule is C[C@@H]1[C@H](CN2CCN(c3ccc([N+](=O)[O-])cc3)CC2)O[C@H](c2ccc(-c3cccc(CNC(=O)NC45CC6CC(CC(C6)C4)C5)c3)cc2)O[C@@H]1c1ccc(CO)cc1. The van der Waals surface area contributed by atoms with Crippen LogP contribution in [-0.4, -0.2) is 65.3 Å². The predicted octanol–water partition coefficient (Wildman–Crippen LogP) is 8.14. The number of nitro benzene ring substituents is 1. The summed E-state index contributed by atoms with van der Waals surface area (Å²) in [6.07, 6.45) is 6.60. The average molecular weight is 786 g/mol. The lowest BCUT2D eigenvalue weighted by Gasteiger charge is -2.56. The van der Waals surface area contributed by atoms with Crippen LogP contribution in [0.3, 0.4) is 0 Å². The summed E-state index contributed by atoms with van der Waals surface area (Å²) >= 11 is 0. The van der Waals surface area contributed by atoms with Crippen LogP contribution in [0.1, 0.15) is 80.1 Å². The molecule has 4 aromatic rings. The van der Waals surface area contributed by atoms with E-state index in [2.05, 4.69) is 75.9 Å². The van der Waals surface area contributed by atoms with E-state index in [1.807, 2.05) is 36.4 Å². The first-order valence-corrected chi connectivity index (χ1v) is 21.2. The number of benzene rings is 4. The van der Waals surface area contributed by atoms with E-state index in [-0.39, 0.29) is 46.9 Å². The molecule has 4 saturated carbocycles. The number of nitrogens with zero attached hydrogens (tertiary/aromatic N) is 3. The normalized spacial score (nSPS) is 29.3. The summed E-state index contributed by atoms with van der Waals surface area (Å²) in [5.41, 5.74) is 7.16. The minimum atomic E-state index is -0.567. The van der Waals surface area contributed by atoms with E-state index in [0.717, 1.165) is 109 Å². The van der Waals surface area contributed by atoms with Crippen LogP contribution in [0.25, 0.3) is 11.1 Å². The monoisotopic (exact) mass is 785 g/mol. The number of piperazine rings is 1. The molecule has 2 amide bonds. The molecule has 6 fully saturated rings. The molecule has 4 atom stereocenters.